The van der Waals surface area contributed by atoms with Crippen LogP contribution in [0.25, 0.3) is 11.3 Å². The molecule has 0 saturated heterocycles. The van der Waals surface area contributed by atoms with Gasteiger partial charge in [-0.15, -0.1) is 0 Å². The molecule has 0 amide bonds. The quantitative estimate of drug-likeness (QED) is 0.192. The topological polar surface area (TPSA) is 93.6 Å². The van der Waals surface area contributed by atoms with Crippen molar-refractivity contribution < 1.29 is 40.6 Å². The van der Waals surface area contributed by atoms with E-state index in [4.69, 9.17) is 4.74 Å². The van der Waals surface area contributed by atoms with Gasteiger partial charge in [-0.3, -0.25) is 9.78 Å². The van der Waals surface area contributed by atoms with E-state index in [2.05, 4.69) is 11.9 Å². The summed E-state index contributed by atoms with van der Waals surface area (Å²) in [5.41, 5.74) is -1.35. The van der Waals surface area contributed by atoms with Gasteiger partial charge < -0.3 is 9.84 Å². The Morgan fingerprint density at radius 2 is 1.69 bits per heavy atom. The monoisotopic (exact) mass is 573 g/mol. The predicted molar refractivity (Wildman–Crippen MR) is 138 cm³/mol. The van der Waals surface area contributed by atoms with Crippen LogP contribution in [-0.2, 0) is 25.5 Å². The highest BCUT2D eigenvalue weighted by Crippen LogP contribution is 2.42. The molecule has 1 fully saturated rings. The average Bonchev–Trinajstić information content (AvgIpc) is 3.33. The van der Waals surface area contributed by atoms with Crippen LogP contribution in [0.2, 0.25) is 0 Å². The van der Waals surface area contributed by atoms with Gasteiger partial charge in [0, 0.05) is 12.2 Å². The van der Waals surface area contributed by atoms with Crippen molar-refractivity contribution in [3.05, 3.63) is 47.9 Å². The predicted octanol–water partition coefficient (Wildman–Crippen LogP) is 7.07. The lowest BCUT2D eigenvalue weighted by molar-refractivity contribution is -0.146. The molecule has 1 N–H and O–H groups in total. The molecular weight excluding hydrogens is 538 g/mol. The summed E-state index contributed by atoms with van der Waals surface area (Å²) in [6.45, 7) is 2.42. The smallest absolute Gasteiger partial charge is 0.417 e. The van der Waals surface area contributed by atoms with E-state index in [0.717, 1.165) is 37.6 Å². The maximum Gasteiger partial charge on any atom is 0.417 e. The molecule has 39 heavy (non-hydrogen) atoms. The zero-order chi connectivity index (χ0) is 28.6. The van der Waals surface area contributed by atoms with Crippen molar-refractivity contribution in [1.29, 1.82) is 0 Å². The summed E-state index contributed by atoms with van der Waals surface area (Å²) >= 11 is 0. The van der Waals surface area contributed by atoms with E-state index < -0.39 is 55.5 Å². The third kappa shape index (κ3) is 8.23. The fourth-order valence-corrected chi connectivity index (χ4v) is 7.01. The number of halogens is 4. The highest BCUT2D eigenvalue weighted by atomic mass is 32.2. The highest BCUT2D eigenvalue weighted by molar-refractivity contribution is 7.92. The van der Waals surface area contributed by atoms with Crippen molar-refractivity contribution >= 4 is 15.8 Å². The van der Waals surface area contributed by atoms with E-state index in [1.54, 1.807) is 0 Å². The van der Waals surface area contributed by atoms with E-state index in [-0.39, 0.29) is 30.7 Å². The molecule has 0 unspecified atom stereocenters. The molecule has 0 spiro atoms. The molecule has 0 bridgehead atoms. The molecule has 1 aromatic carbocycles. The first-order chi connectivity index (χ1) is 18.4. The van der Waals surface area contributed by atoms with Crippen molar-refractivity contribution in [2.75, 3.05) is 6.61 Å². The van der Waals surface area contributed by atoms with Crippen LogP contribution in [0, 0.1) is 11.7 Å². The first-order valence-electron chi connectivity index (χ1n) is 13.4. The number of ether oxygens (including phenoxy) is 1. The van der Waals surface area contributed by atoms with Gasteiger partial charge in [-0.1, -0.05) is 57.9 Å². The first kappa shape index (κ1) is 31.0. The molecule has 1 heterocycles. The molecule has 11 heteroatoms. The fraction of sp³-hybridized carbons (Fsp3) is 0.571. The molecule has 0 radical (unpaired) electrons. The summed E-state index contributed by atoms with van der Waals surface area (Å²) in [7, 11) is -4.55. The lowest BCUT2D eigenvalue weighted by Crippen LogP contribution is -2.25. The van der Waals surface area contributed by atoms with Crippen molar-refractivity contribution in [1.82, 2.24) is 4.98 Å². The fourth-order valence-electron chi connectivity index (χ4n) is 5.01. The second-order valence-electron chi connectivity index (χ2n) is 10.0. The number of pyridine rings is 1. The number of rotatable bonds is 14. The van der Waals surface area contributed by atoms with Crippen LogP contribution in [0.4, 0.5) is 17.6 Å². The SMILES string of the molecule is CCCCCCCCCCO[C@@H]1C[C@H](S(=O)(=O)c2ccc(-c3ccc(F)cn3)cc2C(F)(F)F)C[C@H]1C(=O)O. The zero-order valence-electron chi connectivity index (χ0n) is 21.9. The Morgan fingerprint density at radius 3 is 2.28 bits per heavy atom. The van der Waals surface area contributed by atoms with Gasteiger partial charge in [0.15, 0.2) is 9.84 Å². The molecule has 3 rings (SSSR count). The van der Waals surface area contributed by atoms with Crippen LogP contribution in [0.15, 0.2) is 41.4 Å². The van der Waals surface area contributed by atoms with Gasteiger partial charge in [-0.25, -0.2) is 12.8 Å². The van der Waals surface area contributed by atoms with E-state index in [1.807, 2.05) is 0 Å². The third-order valence-corrected chi connectivity index (χ3v) is 9.39. The number of sulfone groups is 1. The Morgan fingerprint density at radius 1 is 1.03 bits per heavy atom. The van der Waals surface area contributed by atoms with Crippen LogP contribution in [-0.4, -0.2) is 42.4 Å². The van der Waals surface area contributed by atoms with Crippen molar-refractivity contribution in [3.63, 3.8) is 0 Å². The van der Waals surface area contributed by atoms with Gasteiger partial charge in [0.2, 0.25) is 0 Å². The number of carboxylic acid groups (broad SMARTS) is 1. The molecule has 3 atom stereocenters. The number of carboxylic acids is 1. The molecule has 1 aromatic heterocycles. The second-order valence-corrected chi connectivity index (χ2v) is 12.2. The summed E-state index contributed by atoms with van der Waals surface area (Å²) in [5.74, 6) is -3.03. The van der Waals surface area contributed by atoms with Gasteiger partial charge in [-0.2, -0.15) is 13.2 Å². The number of hydrogen-bond acceptors (Lipinski definition) is 5. The van der Waals surface area contributed by atoms with E-state index >= 15 is 0 Å². The van der Waals surface area contributed by atoms with Crippen molar-refractivity contribution in [2.24, 2.45) is 5.92 Å². The van der Waals surface area contributed by atoms with E-state index in [0.29, 0.717) is 12.5 Å². The van der Waals surface area contributed by atoms with Crippen molar-refractivity contribution in [2.45, 2.75) is 93.6 Å². The van der Waals surface area contributed by atoms with Crippen LogP contribution >= 0.6 is 0 Å². The second kappa shape index (κ2) is 13.7. The largest absolute Gasteiger partial charge is 0.481 e. The number of aliphatic carboxylic acids is 1. The lowest BCUT2D eigenvalue weighted by Gasteiger charge is -2.18. The lowest BCUT2D eigenvalue weighted by atomic mass is 10.1. The van der Waals surface area contributed by atoms with Crippen LogP contribution in [0.5, 0.6) is 0 Å². The van der Waals surface area contributed by atoms with Gasteiger partial charge in [0.25, 0.3) is 0 Å². The Hall–Kier alpha value is -2.53. The Kier molecular flexibility index (Phi) is 10.9. The van der Waals surface area contributed by atoms with Crippen molar-refractivity contribution in [3.8, 4) is 11.3 Å². The molecule has 6 nitrogen and oxygen atoms in total. The number of carbonyl (C=O) groups is 1. The number of unbranched alkanes of at least 4 members (excludes halogenated alkanes) is 7. The molecule has 1 aliphatic carbocycles. The number of alkyl halides is 3. The highest BCUT2D eigenvalue weighted by Gasteiger charge is 2.48. The van der Waals surface area contributed by atoms with Gasteiger partial charge >= 0.3 is 12.1 Å². The maximum absolute atomic E-state index is 14.0. The van der Waals surface area contributed by atoms with Gasteiger partial charge in [0.05, 0.1) is 39.6 Å². The molecule has 0 aliphatic heterocycles. The summed E-state index contributed by atoms with van der Waals surface area (Å²) in [4.78, 5) is 14.7. The average molecular weight is 574 g/mol. The van der Waals surface area contributed by atoms with Crippen LogP contribution < -0.4 is 0 Å². The Labute approximate surface area is 226 Å². The van der Waals surface area contributed by atoms with Crippen LogP contribution in [0.1, 0.15) is 76.7 Å². The number of benzene rings is 1. The maximum atomic E-state index is 14.0. The first-order valence-corrected chi connectivity index (χ1v) is 14.9. The zero-order valence-corrected chi connectivity index (χ0v) is 22.7. The summed E-state index contributed by atoms with van der Waals surface area (Å²) < 4.78 is 87.8. The summed E-state index contributed by atoms with van der Waals surface area (Å²) in [6, 6.07) is 4.96. The Bertz CT molecular complexity index is 1200. The summed E-state index contributed by atoms with van der Waals surface area (Å²) in [5, 5.41) is 8.32. The normalized spacial score (nSPS) is 19.9. The third-order valence-electron chi connectivity index (χ3n) is 7.16. The Balaban J connectivity index is 1.72. The van der Waals surface area contributed by atoms with E-state index in [1.165, 1.54) is 37.8 Å². The van der Waals surface area contributed by atoms with Gasteiger partial charge in [-0.05, 0) is 43.5 Å². The molecule has 2 aromatic rings. The van der Waals surface area contributed by atoms with Gasteiger partial charge in [0.1, 0.15) is 5.82 Å². The molecule has 216 valence electrons. The number of hydrogen-bond donors (Lipinski definition) is 1. The molecule has 1 saturated carbocycles. The van der Waals surface area contributed by atoms with Crippen LogP contribution in [0.3, 0.4) is 0 Å². The molecular formula is C28H35F4NO5S. The van der Waals surface area contributed by atoms with E-state index in [9.17, 15) is 35.9 Å². The minimum Gasteiger partial charge on any atom is -0.481 e. The standard InChI is InChI=1S/C28H35F4NO5S/c1-2-3-4-5-6-7-8-9-14-38-25-17-21(16-22(25)27(34)35)39(36,37)26-13-10-19(15-23(26)28(30,31)32)24-12-11-20(29)18-33-24/h10-13,15,18,21-22,25H,2-9,14,16-17H2,1H3,(H,34,35)/t21-,22-,25-/m1/s1. The minimum absolute atomic E-state index is 0.0253. The summed E-state index contributed by atoms with van der Waals surface area (Å²) in [6.07, 6.45) is 2.91. The number of nitrogens with zero attached hydrogens (tertiary/aromatic N) is 1. The number of aromatic nitrogens is 1. The minimum atomic E-state index is -5.00. The molecule has 1 aliphatic rings.